The molecule has 1 aromatic carbocycles. The van der Waals surface area contributed by atoms with Crippen LogP contribution < -0.4 is 0 Å². The van der Waals surface area contributed by atoms with Gasteiger partial charge in [0.1, 0.15) is 5.71 Å². The Morgan fingerprint density at radius 3 is 2.76 bits per heavy atom. The predicted molar refractivity (Wildman–Crippen MR) is 76.1 cm³/mol. The Morgan fingerprint density at radius 2 is 2.00 bits per heavy atom. The van der Waals surface area contributed by atoms with Gasteiger partial charge >= 0.3 is 0 Å². The van der Waals surface area contributed by atoms with E-state index in [4.69, 9.17) is 16.0 Å². The minimum Gasteiger partial charge on any atom is -0.463 e. The van der Waals surface area contributed by atoms with E-state index in [0.717, 1.165) is 5.56 Å². The molecule has 0 fully saturated rings. The molecule has 0 bridgehead atoms. The molecule has 1 aliphatic heterocycles. The molecule has 1 unspecified atom stereocenters. The van der Waals surface area contributed by atoms with Crippen molar-refractivity contribution in [2.24, 2.45) is 4.99 Å². The van der Waals surface area contributed by atoms with Crippen LogP contribution in [0.5, 0.6) is 0 Å². The predicted octanol–water partition coefficient (Wildman–Crippen LogP) is 2.21. The summed E-state index contributed by atoms with van der Waals surface area (Å²) in [7, 11) is 0. The lowest BCUT2D eigenvalue weighted by Gasteiger charge is -2.07. The third-order valence-corrected chi connectivity index (χ3v) is 3.72. The van der Waals surface area contributed by atoms with Crippen molar-refractivity contribution in [2.45, 2.75) is 11.5 Å². The zero-order valence-corrected chi connectivity index (χ0v) is 11.6. The van der Waals surface area contributed by atoms with E-state index in [-0.39, 0.29) is 0 Å². The standard InChI is InChI=1S/C14H10ClN5O/c15-14(12(16-14)11-7-4-8-21-11)13-17-18-19-20(13)9-10-5-2-1-3-6-10/h1-8H,9H2. The Balaban J connectivity index is 1.62. The van der Waals surface area contributed by atoms with Crippen molar-refractivity contribution < 1.29 is 4.42 Å². The van der Waals surface area contributed by atoms with Crippen LogP contribution in [0.25, 0.3) is 0 Å². The Morgan fingerprint density at radius 1 is 1.14 bits per heavy atom. The molecule has 0 aliphatic carbocycles. The molecular weight excluding hydrogens is 290 g/mol. The first-order valence-electron chi connectivity index (χ1n) is 6.41. The molecular formula is C14H10ClN5O. The molecule has 7 heteroatoms. The fraction of sp³-hybridized carbons (Fsp3) is 0.143. The van der Waals surface area contributed by atoms with Crippen molar-refractivity contribution in [1.82, 2.24) is 20.2 Å². The van der Waals surface area contributed by atoms with Crippen LogP contribution >= 0.6 is 11.6 Å². The molecule has 6 nitrogen and oxygen atoms in total. The Hall–Kier alpha value is -2.47. The molecule has 0 amide bonds. The number of nitrogens with zero attached hydrogens (tertiary/aromatic N) is 5. The summed E-state index contributed by atoms with van der Waals surface area (Å²) in [6.45, 7) is 0.540. The summed E-state index contributed by atoms with van der Waals surface area (Å²) in [5.74, 6) is 1.14. The molecule has 0 spiro atoms. The lowest BCUT2D eigenvalue weighted by atomic mass is 10.2. The highest BCUT2D eigenvalue weighted by molar-refractivity contribution is 6.44. The summed E-state index contributed by atoms with van der Waals surface area (Å²) in [5.41, 5.74) is 1.74. The molecule has 21 heavy (non-hydrogen) atoms. The number of alkyl halides is 1. The monoisotopic (exact) mass is 299 g/mol. The highest BCUT2D eigenvalue weighted by Crippen LogP contribution is 2.45. The lowest BCUT2D eigenvalue weighted by molar-refractivity contribution is 0.556. The molecule has 3 aromatic rings. The van der Waals surface area contributed by atoms with Crippen LogP contribution in [0, 0.1) is 0 Å². The van der Waals surface area contributed by atoms with E-state index in [2.05, 4.69) is 20.5 Å². The second-order valence-corrected chi connectivity index (χ2v) is 5.25. The molecule has 0 saturated carbocycles. The minimum absolute atomic E-state index is 0.499. The average molecular weight is 300 g/mol. The van der Waals surface area contributed by atoms with Crippen molar-refractivity contribution >= 4 is 17.3 Å². The van der Waals surface area contributed by atoms with Crippen LogP contribution in [0.15, 0.2) is 58.1 Å². The second-order valence-electron chi connectivity index (χ2n) is 4.71. The smallest absolute Gasteiger partial charge is 0.240 e. The molecule has 1 atom stereocenters. The summed E-state index contributed by atoms with van der Waals surface area (Å²) in [6, 6.07) is 13.5. The minimum atomic E-state index is -1.02. The normalized spacial score (nSPS) is 20.3. The van der Waals surface area contributed by atoms with E-state index in [9.17, 15) is 0 Å². The van der Waals surface area contributed by atoms with Crippen LogP contribution in [0.2, 0.25) is 0 Å². The van der Waals surface area contributed by atoms with E-state index >= 15 is 0 Å². The van der Waals surface area contributed by atoms with Crippen LogP contribution in [0.1, 0.15) is 17.1 Å². The van der Waals surface area contributed by atoms with Crippen molar-refractivity contribution in [3.8, 4) is 0 Å². The first kappa shape index (κ1) is 12.3. The molecule has 104 valence electrons. The number of hydrogen-bond donors (Lipinski definition) is 0. The van der Waals surface area contributed by atoms with E-state index in [1.807, 2.05) is 36.4 Å². The summed E-state index contributed by atoms with van der Waals surface area (Å²) in [6.07, 6.45) is 1.58. The van der Waals surface area contributed by atoms with Gasteiger partial charge in [0, 0.05) is 0 Å². The van der Waals surface area contributed by atoms with Crippen molar-refractivity contribution in [1.29, 1.82) is 0 Å². The maximum absolute atomic E-state index is 6.51. The van der Waals surface area contributed by atoms with Gasteiger partial charge in [-0.2, -0.15) is 0 Å². The Labute approximate surface area is 125 Å². The molecule has 0 N–H and O–H groups in total. The van der Waals surface area contributed by atoms with Gasteiger partial charge in [-0.25, -0.2) is 9.67 Å². The fourth-order valence-corrected chi connectivity index (χ4v) is 2.53. The third kappa shape index (κ3) is 2.04. The summed E-state index contributed by atoms with van der Waals surface area (Å²) < 4.78 is 6.97. The summed E-state index contributed by atoms with van der Waals surface area (Å²) in [5, 5.41) is 11.7. The molecule has 1 aliphatic rings. The van der Waals surface area contributed by atoms with Gasteiger partial charge in [-0.15, -0.1) is 5.10 Å². The quantitative estimate of drug-likeness (QED) is 0.547. The van der Waals surface area contributed by atoms with Crippen LogP contribution in [0.3, 0.4) is 0 Å². The van der Waals surface area contributed by atoms with Crippen LogP contribution in [0.4, 0.5) is 0 Å². The first-order chi connectivity index (χ1) is 10.3. The van der Waals surface area contributed by atoms with E-state index in [1.165, 1.54) is 0 Å². The molecule has 0 saturated heterocycles. The third-order valence-electron chi connectivity index (χ3n) is 3.29. The van der Waals surface area contributed by atoms with Crippen molar-refractivity contribution in [3.05, 3.63) is 65.9 Å². The van der Waals surface area contributed by atoms with Gasteiger partial charge < -0.3 is 4.42 Å². The second kappa shape index (κ2) is 4.53. The van der Waals surface area contributed by atoms with Gasteiger partial charge in [0.25, 0.3) is 0 Å². The SMILES string of the molecule is ClC1(c2nnnn2Cc2ccccc2)N=C1c1ccco1. The number of halogens is 1. The Kier molecular flexibility index (Phi) is 2.65. The van der Waals surface area contributed by atoms with Gasteiger partial charge in [0.15, 0.2) is 5.76 Å². The van der Waals surface area contributed by atoms with Gasteiger partial charge in [-0.3, -0.25) is 0 Å². The number of aromatic nitrogens is 4. The number of hydrogen-bond acceptors (Lipinski definition) is 5. The highest BCUT2D eigenvalue weighted by Gasteiger charge is 2.53. The lowest BCUT2D eigenvalue weighted by Crippen LogP contribution is -2.18. The average Bonchev–Trinajstić information content (AvgIpc) is 2.95. The largest absolute Gasteiger partial charge is 0.463 e. The van der Waals surface area contributed by atoms with Gasteiger partial charge in [0.2, 0.25) is 10.8 Å². The van der Waals surface area contributed by atoms with Crippen LogP contribution in [-0.2, 0) is 11.5 Å². The van der Waals surface area contributed by atoms with E-state index in [0.29, 0.717) is 23.8 Å². The molecule has 3 heterocycles. The number of aliphatic imine (C=N–C) groups is 1. The van der Waals surface area contributed by atoms with Gasteiger partial charge in [-0.05, 0) is 28.1 Å². The number of benzene rings is 1. The fourth-order valence-electron chi connectivity index (χ4n) is 2.22. The van der Waals surface area contributed by atoms with Crippen LogP contribution in [-0.4, -0.2) is 25.9 Å². The first-order valence-corrected chi connectivity index (χ1v) is 6.79. The number of furan rings is 1. The van der Waals surface area contributed by atoms with Crippen molar-refractivity contribution in [3.63, 3.8) is 0 Å². The van der Waals surface area contributed by atoms with E-state index < -0.39 is 5.00 Å². The molecule has 4 rings (SSSR count). The molecule has 2 aromatic heterocycles. The number of tetrazole rings is 1. The zero-order chi connectivity index (χ0) is 14.3. The zero-order valence-electron chi connectivity index (χ0n) is 10.8. The summed E-state index contributed by atoms with van der Waals surface area (Å²) >= 11 is 6.51. The maximum atomic E-state index is 6.51. The van der Waals surface area contributed by atoms with Gasteiger partial charge in [0.05, 0.1) is 12.8 Å². The Bertz CT molecular complexity index is 796. The van der Waals surface area contributed by atoms with E-state index in [1.54, 1.807) is 17.0 Å². The summed E-state index contributed by atoms with van der Waals surface area (Å²) in [4.78, 5) is 3.28. The van der Waals surface area contributed by atoms with Crippen molar-refractivity contribution in [2.75, 3.05) is 0 Å². The number of rotatable bonds is 4. The highest BCUT2D eigenvalue weighted by atomic mass is 35.5. The topological polar surface area (TPSA) is 69.1 Å². The molecule has 0 radical (unpaired) electrons. The van der Waals surface area contributed by atoms with Gasteiger partial charge in [-0.1, -0.05) is 41.9 Å². The maximum Gasteiger partial charge on any atom is 0.240 e.